The smallest absolute Gasteiger partial charge is 0.233 e. The van der Waals surface area contributed by atoms with Crippen molar-refractivity contribution in [3.05, 3.63) is 29.8 Å². The fourth-order valence-corrected chi connectivity index (χ4v) is 4.41. The minimum atomic E-state index is 0.133. The monoisotopic (exact) mass is 392 g/mol. The van der Waals surface area contributed by atoms with Gasteiger partial charge in [-0.25, -0.2) is 0 Å². The molecule has 0 bridgehead atoms. The van der Waals surface area contributed by atoms with Crippen molar-refractivity contribution in [1.82, 2.24) is 15.1 Å². The van der Waals surface area contributed by atoms with E-state index in [-0.39, 0.29) is 18.0 Å². The number of nitrogens with one attached hydrogen (secondary N) is 1. The lowest BCUT2D eigenvalue weighted by molar-refractivity contribution is -0.131. The second-order valence-electron chi connectivity index (χ2n) is 7.05. The van der Waals surface area contributed by atoms with Gasteiger partial charge in [-0.2, -0.15) is 0 Å². The average molecular weight is 393 g/mol. The first-order valence-corrected chi connectivity index (χ1v) is 10.7. The molecule has 1 N–H and O–H groups in total. The zero-order valence-corrected chi connectivity index (χ0v) is 17.9. The lowest BCUT2D eigenvalue weighted by Crippen LogP contribution is -2.43. The third-order valence-corrected chi connectivity index (χ3v) is 5.91. The van der Waals surface area contributed by atoms with Gasteiger partial charge < -0.3 is 10.2 Å². The van der Waals surface area contributed by atoms with E-state index in [0.29, 0.717) is 11.7 Å². The van der Waals surface area contributed by atoms with Gasteiger partial charge >= 0.3 is 0 Å². The molecule has 142 valence electrons. The minimum Gasteiger partial charge on any atom is -0.337 e. The topological polar surface area (TPSA) is 58.1 Å². The van der Waals surface area contributed by atoms with Gasteiger partial charge in [0, 0.05) is 17.8 Å². The van der Waals surface area contributed by atoms with E-state index in [9.17, 15) is 4.79 Å². The SMILES string of the molecule is CC(C)c1ccc(Nc2nnc(SCC(=O)N(C(C)C)C(C)C)s2)cc1. The fourth-order valence-electron chi connectivity index (χ4n) is 2.76. The summed E-state index contributed by atoms with van der Waals surface area (Å²) in [6.45, 7) is 12.5. The molecule has 0 fully saturated rings. The van der Waals surface area contributed by atoms with Crippen molar-refractivity contribution in [1.29, 1.82) is 0 Å². The van der Waals surface area contributed by atoms with Crippen molar-refractivity contribution in [3.63, 3.8) is 0 Å². The summed E-state index contributed by atoms with van der Waals surface area (Å²) in [7, 11) is 0. The molecule has 2 rings (SSSR count). The van der Waals surface area contributed by atoms with Gasteiger partial charge in [-0.3, -0.25) is 4.79 Å². The average Bonchev–Trinajstić information content (AvgIpc) is 3.00. The first-order valence-electron chi connectivity index (χ1n) is 8.92. The maximum atomic E-state index is 12.4. The van der Waals surface area contributed by atoms with E-state index in [1.165, 1.54) is 28.7 Å². The van der Waals surface area contributed by atoms with Crippen LogP contribution in [0.2, 0.25) is 0 Å². The summed E-state index contributed by atoms with van der Waals surface area (Å²) < 4.78 is 0.798. The van der Waals surface area contributed by atoms with Crippen molar-refractivity contribution in [3.8, 4) is 0 Å². The molecule has 0 radical (unpaired) electrons. The highest BCUT2D eigenvalue weighted by molar-refractivity contribution is 8.01. The zero-order valence-electron chi connectivity index (χ0n) is 16.3. The Morgan fingerprint density at radius 2 is 1.69 bits per heavy atom. The van der Waals surface area contributed by atoms with Crippen LogP contribution >= 0.6 is 23.1 Å². The van der Waals surface area contributed by atoms with E-state index >= 15 is 0 Å². The molecule has 0 atom stereocenters. The van der Waals surface area contributed by atoms with Crippen LogP contribution < -0.4 is 5.32 Å². The predicted molar refractivity (Wildman–Crippen MR) is 112 cm³/mol. The second kappa shape index (κ2) is 9.37. The Morgan fingerprint density at radius 1 is 1.08 bits per heavy atom. The molecule has 0 spiro atoms. The van der Waals surface area contributed by atoms with Gasteiger partial charge in [0.2, 0.25) is 11.0 Å². The number of benzene rings is 1. The first kappa shape index (κ1) is 20.7. The third-order valence-electron chi connectivity index (χ3n) is 3.95. The molecule has 7 heteroatoms. The summed E-state index contributed by atoms with van der Waals surface area (Å²) in [5.74, 6) is 1.03. The van der Waals surface area contributed by atoms with Gasteiger partial charge in [0.15, 0.2) is 4.34 Å². The summed E-state index contributed by atoms with van der Waals surface area (Å²) in [6, 6.07) is 8.74. The van der Waals surface area contributed by atoms with Crippen molar-refractivity contribution in [2.75, 3.05) is 11.1 Å². The lowest BCUT2D eigenvalue weighted by Gasteiger charge is -2.30. The van der Waals surface area contributed by atoms with Crippen molar-refractivity contribution < 1.29 is 4.79 Å². The summed E-state index contributed by atoms with van der Waals surface area (Å²) in [6.07, 6.45) is 0. The number of carbonyl (C=O) groups excluding carboxylic acids is 1. The van der Waals surface area contributed by atoms with E-state index in [4.69, 9.17) is 0 Å². The molecule has 0 saturated carbocycles. The molecule has 1 aromatic carbocycles. The van der Waals surface area contributed by atoms with Crippen LogP contribution in [-0.2, 0) is 4.79 Å². The minimum absolute atomic E-state index is 0.133. The lowest BCUT2D eigenvalue weighted by atomic mass is 10.0. The number of hydrogen-bond acceptors (Lipinski definition) is 6. The normalized spacial score (nSPS) is 11.4. The second-order valence-corrected chi connectivity index (χ2v) is 9.25. The maximum absolute atomic E-state index is 12.4. The third kappa shape index (κ3) is 5.71. The number of carbonyl (C=O) groups is 1. The standard InChI is InChI=1S/C19H28N4OS2/c1-12(2)15-7-9-16(10-8-15)20-18-21-22-19(26-18)25-11-17(24)23(13(3)4)14(5)6/h7-10,12-14H,11H2,1-6H3,(H,20,21). The van der Waals surface area contributed by atoms with Crippen molar-refractivity contribution >= 4 is 39.8 Å². The van der Waals surface area contributed by atoms with Gasteiger partial charge in [0.25, 0.3) is 0 Å². The Labute approximate surface area is 164 Å². The molecule has 1 amide bonds. The van der Waals surface area contributed by atoms with E-state index < -0.39 is 0 Å². The molecule has 2 aromatic rings. The van der Waals surface area contributed by atoms with E-state index in [1.54, 1.807) is 0 Å². The van der Waals surface area contributed by atoms with E-state index in [0.717, 1.165) is 15.2 Å². The van der Waals surface area contributed by atoms with Gasteiger partial charge in [-0.15, -0.1) is 10.2 Å². The van der Waals surface area contributed by atoms with Crippen molar-refractivity contribution in [2.45, 2.75) is 63.9 Å². The first-order chi connectivity index (χ1) is 12.3. The van der Waals surface area contributed by atoms with E-state index in [1.807, 2.05) is 32.6 Å². The van der Waals surface area contributed by atoms with Gasteiger partial charge in [0.05, 0.1) is 5.75 Å². The molecule has 26 heavy (non-hydrogen) atoms. The molecule has 1 aromatic heterocycles. The molecule has 5 nitrogen and oxygen atoms in total. The van der Waals surface area contributed by atoms with E-state index in [2.05, 4.69) is 53.6 Å². The highest BCUT2D eigenvalue weighted by atomic mass is 32.2. The number of thioether (sulfide) groups is 1. The van der Waals surface area contributed by atoms with Crippen LogP contribution in [0.4, 0.5) is 10.8 Å². The largest absolute Gasteiger partial charge is 0.337 e. The number of hydrogen-bond donors (Lipinski definition) is 1. The van der Waals surface area contributed by atoms with Crippen molar-refractivity contribution in [2.24, 2.45) is 0 Å². The zero-order chi connectivity index (χ0) is 19.3. The Hall–Kier alpha value is -1.60. The predicted octanol–water partition coefficient (Wildman–Crippen LogP) is 5.14. The maximum Gasteiger partial charge on any atom is 0.233 e. The quantitative estimate of drug-likeness (QED) is 0.630. The Kier molecular flexibility index (Phi) is 7.46. The van der Waals surface area contributed by atoms with Crippen LogP contribution in [0.5, 0.6) is 0 Å². The number of nitrogens with zero attached hydrogens (tertiary/aromatic N) is 3. The molecular weight excluding hydrogens is 364 g/mol. The van der Waals surface area contributed by atoms with Crippen LogP contribution in [0.15, 0.2) is 28.6 Å². The van der Waals surface area contributed by atoms with Crippen LogP contribution in [0, 0.1) is 0 Å². The number of amides is 1. The molecule has 0 aliphatic carbocycles. The highest BCUT2D eigenvalue weighted by Gasteiger charge is 2.20. The number of anilines is 2. The van der Waals surface area contributed by atoms with Crippen LogP contribution in [-0.4, -0.2) is 38.8 Å². The Morgan fingerprint density at radius 3 is 2.23 bits per heavy atom. The molecule has 0 unspecified atom stereocenters. The van der Waals surface area contributed by atoms with Crippen LogP contribution in [0.25, 0.3) is 0 Å². The number of aromatic nitrogens is 2. The molecule has 1 heterocycles. The van der Waals surface area contributed by atoms with Gasteiger partial charge in [0.1, 0.15) is 0 Å². The van der Waals surface area contributed by atoms with Crippen LogP contribution in [0.3, 0.4) is 0 Å². The Balaban J connectivity index is 1.92. The van der Waals surface area contributed by atoms with Gasteiger partial charge in [-0.05, 0) is 51.3 Å². The summed E-state index contributed by atoms with van der Waals surface area (Å²) in [5.41, 5.74) is 2.30. The molecule has 0 aliphatic heterocycles. The summed E-state index contributed by atoms with van der Waals surface area (Å²) in [5, 5.41) is 12.4. The summed E-state index contributed by atoms with van der Waals surface area (Å²) in [4.78, 5) is 14.3. The fraction of sp³-hybridized carbons (Fsp3) is 0.526. The van der Waals surface area contributed by atoms with Gasteiger partial charge in [-0.1, -0.05) is 49.1 Å². The molecule has 0 saturated heterocycles. The molecule has 0 aliphatic rings. The molecular formula is C19H28N4OS2. The Bertz CT molecular complexity index is 703. The highest BCUT2D eigenvalue weighted by Crippen LogP contribution is 2.28. The van der Waals surface area contributed by atoms with Crippen LogP contribution in [0.1, 0.15) is 53.0 Å². The number of rotatable bonds is 8. The summed E-state index contributed by atoms with van der Waals surface area (Å²) >= 11 is 2.91.